The van der Waals surface area contributed by atoms with E-state index in [4.69, 9.17) is 10.00 Å². The van der Waals surface area contributed by atoms with Gasteiger partial charge in [0.15, 0.2) is 0 Å². The highest BCUT2D eigenvalue weighted by atomic mass is 32.1. The van der Waals surface area contributed by atoms with Crippen molar-refractivity contribution >= 4 is 23.0 Å². The van der Waals surface area contributed by atoms with Crippen molar-refractivity contribution in [3.63, 3.8) is 0 Å². The van der Waals surface area contributed by atoms with Gasteiger partial charge in [0.25, 0.3) is 0 Å². The number of carbonyl (C=O) groups is 1. The van der Waals surface area contributed by atoms with Crippen LogP contribution in [0.25, 0.3) is 0 Å². The molecule has 2 aromatic rings. The fraction of sp³-hybridized carbons (Fsp3) is 0.478. The van der Waals surface area contributed by atoms with Crippen LogP contribution in [0.4, 0.5) is 5.69 Å². The Morgan fingerprint density at radius 3 is 2.37 bits per heavy atom. The van der Waals surface area contributed by atoms with Gasteiger partial charge in [-0.05, 0) is 48.6 Å². The average Bonchev–Trinajstić information content (AvgIpc) is 3.34. The van der Waals surface area contributed by atoms with Gasteiger partial charge in [-0.2, -0.15) is 5.26 Å². The van der Waals surface area contributed by atoms with E-state index < -0.39 is 0 Å². The van der Waals surface area contributed by atoms with Gasteiger partial charge in [0.2, 0.25) is 0 Å². The molecule has 0 spiro atoms. The topological polar surface area (TPSA) is 59.8 Å². The van der Waals surface area contributed by atoms with Gasteiger partial charge >= 0.3 is 5.97 Å². The van der Waals surface area contributed by atoms with E-state index in [-0.39, 0.29) is 12.0 Å². The molecule has 2 fully saturated rings. The molecule has 0 bridgehead atoms. The van der Waals surface area contributed by atoms with E-state index in [1.54, 1.807) is 11.3 Å². The minimum absolute atomic E-state index is 0.160. The number of rotatable bonds is 5. The Morgan fingerprint density at radius 2 is 1.80 bits per heavy atom. The van der Waals surface area contributed by atoms with Crippen LogP contribution in [0, 0.1) is 11.3 Å². The highest BCUT2D eigenvalue weighted by molar-refractivity contribution is 7.10. The minimum Gasteiger partial charge on any atom is -0.468 e. The van der Waals surface area contributed by atoms with Crippen molar-refractivity contribution in [2.75, 3.05) is 51.3 Å². The molecule has 0 N–H and O–H groups in total. The van der Waals surface area contributed by atoms with Gasteiger partial charge in [-0.3, -0.25) is 9.80 Å². The fourth-order valence-corrected chi connectivity index (χ4v) is 5.45. The Bertz CT molecular complexity index is 862. The zero-order valence-corrected chi connectivity index (χ0v) is 18.2. The zero-order chi connectivity index (χ0) is 20.9. The first-order valence-electron chi connectivity index (χ1n) is 10.5. The molecule has 3 heterocycles. The van der Waals surface area contributed by atoms with E-state index >= 15 is 0 Å². The van der Waals surface area contributed by atoms with Crippen molar-refractivity contribution in [3.8, 4) is 6.07 Å². The lowest BCUT2D eigenvalue weighted by atomic mass is 10.00. The van der Waals surface area contributed by atoms with Crippen molar-refractivity contribution < 1.29 is 9.53 Å². The Labute approximate surface area is 182 Å². The predicted molar refractivity (Wildman–Crippen MR) is 119 cm³/mol. The number of piperidine rings is 1. The SMILES string of the molecule is COC(=O)C(c1cccs1)N1CCC(N2CCN(c3ccc(C#N)cc3)CC2)CC1. The van der Waals surface area contributed by atoms with E-state index in [1.807, 2.05) is 41.8 Å². The third-order valence-corrected chi connectivity index (χ3v) is 7.22. The summed E-state index contributed by atoms with van der Waals surface area (Å²) in [6, 6.07) is 14.4. The molecule has 2 saturated heterocycles. The molecule has 0 aliphatic carbocycles. The van der Waals surface area contributed by atoms with Crippen molar-refractivity contribution in [1.29, 1.82) is 5.26 Å². The summed E-state index contributed by atoms with van der Waals surface area (Å²) >= 11 is 1.62. The molecule has 158 valence electrons. The maximum Gasteiger partial charge on any atom is 0.328 e. The van der Waals surface area contributed by atoms with Crippen LogP contribution in [0.15, 0.2) is 41.8 Å². The molecule has 1 unspecified atom stereocenters. The van der Waals surface area contributed by atoms with E-state index in [0.29, 0.717) is 11.6 Å². The van der Waals surface area contributed by atoms with Crippen molar-refractivity contribution in [3.05, 3.63) is 52.2 Å². The van der Waals surface area contributed by atoms with Gasteiger partial charge in [-0.25, -0.2) is 4.79 Å². The third-order valence-electron chi connectivity index (χ3n) is 6.29. The van der Waals surface area contributed by atoms with Crippen LogP contribution in [0.1, 0.15) is 29.3 Å². The molecule has 0 radical (unpaired) electrons. The van der Waals surface area contributed by atoms with Crippen LogP contribution in [0.5, 0.6) is 0 Å². The van der Waals surface area contributed by atoms with Gasteiger partial charge in [-0.1, -0.05) is 6.07 Å². The smallest absolute Gasteiger partial charge is 0.328 e. The van der Waals surface area contributed by atoms with E-state index in [1.165, 1.54) is 12.8 Å². The van der Waals surface area contributed by atoms with Gasteiger partial charge in [0.05, 0.1) is 18.7 Å². The molecule has 2 aliphatic heterocycles. The quantitative estimate of drug-likeness (QED) is 0.688. The normalized spacial score (nSPS) is 19.9. The number of nitriles is 1. The van der Waals surface area contributed by atoms with Crippen molar-refractivity contribution in [2.45, 2.75) is 24.9 Å². The number of hydrogen-bond acceptors (Lipinski definition) is 7. The Hall–Kier alpha value is -2.40. The molecule has 1 aromatic heterocycles. The Kier molecular flexibility index (Phi) is 6.68. The molecule has 0 saturated carbocycles. The summed E-state index contributed by atoms with van der Waals surface area (Å²) < 4.78 is 5.09. The molecule has 30 heavy (non-hydrogen) atoms. The predicted octanol–water partition coefficient (Wildman–Crippen LogP) is 3.12. The second-order valence-electron chi connectivity index (χ2n) is 7.89. The van der Waals surface area contributed by atoms with Gasteiger partial charge in [-0.15, -0.1) is 11.3 Å². The Balaban J connectivity index is 1.30. The average molecular weight is 425 g/mol. The summed E-state index contributed by atoms with van der Waals surface area (Å²) in [6.45, 7) is 5.95. The second-order valence-corrected chi connectivity index (χ2v) is 8.87. The number of benzene rings is 1. The molecule has 0 amide bonds. The largest absolute Gasteiger partial charge is 0.468 e. The Morgan fingerprint density at radius 1 is 1.10 bits per heavy atom. The van der Waals surface area contributed by atoms with Crippen molar-refractivity contribution in [2.24, 2.45) is 0 Å². The number of anilines is 1. The van der Waals surface area contributed by atoms with Crippen LogP contribution in [0.3, 0.4) is 0 Å². The van der Waals surface area contributed by atoms with Crippen LogP contribution < -0.4 is 4.90 Å². The first-order valence-corrected chi connectivity index (χ1v) is 11.4. The minimum atomic E-state index is -0.274. The van der Waals surface area contributed by atoms with Gasteiger partial charge in [0, 0.05) is 55.9 Å². The molecular formula is C23H28N4O2S. The molecule has 2 aliphatic rings. The van der Waals surface area contributed by atoms with Crippen LogP contribution in [0.2, 0.25) is 0 Å². The number of nitrogens with zero attached hydrogens (tertiary/aromatic N) is 4. The molecular weight excluding hydrogens is 396 g/mol. The van der Waals surface area contributed by atoms with Crippen molar-refractivity contribution in [1.82, 2.24) is 9.80 Å². The lowest BCUT2D eigenvalue weighted by Crippen LogP contribution is -2.54. The first-order chi connectivity index (χ1) is 14.7. The summed E-state index contributed by atoms with van der Waals surface area (Å²) in [4.78, 5) is 20.8. The highest BCUT2D eigenvalue weighted by Gasteiger charge is 2.34. The summed E-state index contributed by atoms with van der Waals surface area (Å²) in [5.74, 6) is -0.160. The number of likely N-dealkylation sites (tertiary alicyclic amines) is 1. The van der Waals surface area contributed by atoms with E-state index in [2.05, 4.69) is 20.8 Å². The molecule has 4 rings (SSSR count). The maximum atomic E-state index is 12.4. The van der Waals surface area contributed by atoms with E-state index in [9.17, 15) is 4.79 Å². The number of piperazine rings is 1. The molecule has 7 heteroatoms. The third kappa shape index (κ3) is 4.51. The standard InChI is InChI=1S/C23H28N4O2S/c1-29-23(28)22(21-3-2-16-30-21)27-10-8-20(9-11-27)26-14-12-25(13-15-26)19-6-4-18(17-24)5-7-19/h2-7,16,20,22H,8-15H2,1H3. The summed E-state index contributed by atoms with van der Waals surface area (Å²) in [7, 11) is 1.48. The summed E-state index contributed by atoms with van der Waals surface area (Å²) in [5.41, 5.74) is 1.90. The van der Waals surface area contributed by atoms with Gasteiger partial charge < -0.3 is 9.64 Å². The monoisotopic (exact) mass is 424 g/mol. The summed E-state index contributed by atoms with van der Waals surface area (Å²) in [5, 5.41) is 11.0. The number of hydrogen-bond donors (Lipinski definition) is 0. The van der Waals surface area contributed by atoms with Crippen LogP contribution in [-0.2, 0) is 9.53 Å². The summed E-state index contributed by atoms with van der Waals surface area (Å²) in [6.07, 6.45) is 2.16. The lowest BCUT2D eigenvalue weighted by molar-refractivity contribution is -0.148. The highest BCUT2D eigenvalue weighted by Crippen LogP contribution is 2.30. The lowest BCUT2D eigenvalue weighted by Gasteiger charge is -2.44. The van der Waals surface area contributed by atoms with Gasteiger partial charge in [0.1, 0.15) is 6.04 Å². The second kappa shape index (κ2) is 9.61. The zero-order valence-electron chi connectivity index (χ0n) is 17.4. The molecule has 1 atom stereocenters. The number of thiophene rings is 1. The number of methoxy groups -OCH3 is 1. The fourth-order valence-electron chi connectivity index (χ4n) is 4.60. The number of carbonyl (C=O) groups excluding carboxylic acids is 1. The number of ether oxygens (including phenoxy) is 1. The van der Waals surface area contributed by atoms with Crippen LogP contribution in [-0.4, -0.2) is 68.2 Å². The molecule has 1 aromatic carbocycles. The van der Waals surface area contributed by atoms with Crippen LogP contribution >= 0.6 is 11.3 Å². The van der Waals surface area contributed by atoms with E-state index in [0.717, 1.165) is 57.0 Å². The number of esters is 1. The first kappa shape index (κ1) is 20.9. The maximum absolute atomic E-state index is 12.4. The molecule has 6 nitrogen and oxygen atoms in total.